The zero-order valence-corrected chi connectivity index (χ0v) is 15.6. The molecule has 1 saturated carbocycles. The van der Waals surface area contributed by atoms with Crippen molar-refractivity contribution in [1.29, 1.82) is 0 Å². The molecule has 5 nitrogen and oxygen atoms in total. The first-order valence-corrected chi connectivity index (χ1v) is 9.00. The second-order valence-electron chi connectivity index (χ2n) is 7.09. The number of phenols is 1. The molecule has 0 unspecified atom stereocenters. The molecule has 0 radical (unpaired) electrons. The van der Waals surface area contributed by atoms with Crippen LogP contribution >= 0.6 is 11.6 Å². The fourth-order valence-electron chi connectivity index (χ4n) is 3.33. The van der Waals surface area contributed by atoms with Crippen LogP contribution in [0.25, 0.3) is 0 Å². The molecule has 25 heavy (non-hydrogen) atoms. The first kappa shape index (κ1) is 19.6. The minimum Gasteiger partial charge on any atom is -0.507 e. The molecule has 0 bridgehead atoms. The van der Waals surface area contributed by atoms with Crippen LogP contribution < -0.4 is 0 Å². The minimum atomic E-state index is -0.811. The standard InChI is InChI=1S/C19H25ClO5/c1-11(2)14-6-4-12(3)8-17(14)25-18(22)10-24-19(23)15-9-13(20)5-7-16(15)21/h5,7,9,11-12,14,17,21H,4,6,8,10H2,1-3H3/t12-,14+,17+/m1/s1. The van der Waals surface area contributed by atoms with Gasteiger partial charge in [-0.15, -0.1) is 0 Å². The van der Waals surface area contributed by atoms with Crippen LogP contribution in [0.4, 0.5) is 0 Å². The number of hydrogen-bond donors (Lipinski definition) is 1. The quantitative estimate of drug-likeness (QED) is 0.788. The van der Waals surface area contributed by atoms with Crippen molar-refractivity contribution >= 4 is 23.5 Å². The molecule has 2 rings (SSSR count). The van der Waals surface area contributed by atoms with Crippen molar-refractivity contribution in [3.8, 4) is 5.75 Å². The SMILES string of the molecule is CC(C)[C@@H]1CC[C@@H](C)C[C@@H]1OC(=O)COC(=O)c1cc(Cl)ccc1O. The van der Waals surface area contributed by atoms with Gasteiger partial charge in [0, 0.05) is 5.02 Å². The number of rotatable bonds is 5. The Balaban J connectivity index is 1.91. The fraction of sp³-hybridized carbons (Fsp3) is 0.579. The number of benzene rings is 1. The molecule has 0 aliphatic heterocycles. The third-order valence-corrected chi connectivity index (χ3v) is 4.98. The van der Waals surface area contributed by atoms with Crippen LogP contribution in [0, 0.1) is 17.8 Å². The average molecular weight is 369 g/mol. The van der Waals surface area contributed by atoms with Crippen LogP contribution in [0.3, 0.4) is 0 Å². The molecule has 1 aliphatic carbocycles. The molecule has 1 aliphatic rings. The molecule has 0 saturated heterocycles. The van der Waals surface area contributed by atoms with Gasteiger partial charge in [-0.25, -0.2) is 9.59 Å². The van der Waals surface area contributed by atoms with E-state index in [1.165, 1.54) is 18.2 Å². The van der Waals surface area contributed by atoms with E-state index < -0.39 is 18.5 Å². The number of hydrogen-bond acceptors (Lipinski definition) is 5. The molecule has 1 aromatic rings. The van der Waals surface area contributed by atoms with Crippen molar-refractivity contribution in [2.24, 2.45) is 17.8 Å². The van der Waals surface area contributed by atoms with E-state index in [0.29, 0.717) is 22.8 Å². The molecule has 3 atom stereocenters. The zero-order valence-electron chi connectivity index (χ0n) is 14.8. The maximum absolute atomic E-state index is 12.1. The zero-order chi connectivity index (χ0) is 18.6. The molecular formula is C19H25ClO5. The highest BCUT2D eigenvalue weighted by Gasteiger charge is 2.33. The van der Waals surface area contributed by atoms with Crippen molar-refractivity contribution in [2.75, 3.05) is 6.61 Å². The number of aromatic hydroxyl groups is 1. The number of phenolic OH excluding ortho intramolecular Hbond substituents is 1. The molecule has 1 aromatic carbocycles. The highest BCUT2D eigenvalue weighted by Crippen LogP contribution is 2.35. The second kappa shape index (κ2) is 8.56. The maximum Gasteiger partial charge on any atom is 0.344 e. The molecule has 0 spiro atoms. The summed E-state index contributed by atoms with van der Waals surface area (Å²) in [5, 5.41) is 9.98. The van der Waals surface area contributed by atoms with Crippen LogP contribution in [0.15, 0.2) is 18.2 Å². The van der Waals surface area contributed by atoms with E-state index in [1.54, 1.807) is 0 Å². The summed E-state index contributed by atoms with van der Waals surface area (Å²) in [6.07, 6.45) is 2.86. The monoisotopic (exact) mass is 368 g/mol. The highest BCUT2D eigenvalue weighted by molar-refractivity contribution is 6.31. The summed E-state index contributed by atoms with van der Waals surface area (Å²) in [6, 6.07) is 4.05. The first-order chi connectivity index (χ1) is 11.8. The summed E-state index contributed by atoms with van der Waals surface area (Å²) in [6.45, 7) is 5.92. The van der Waals surface area contributed by atoms with Crippen LogP contribution in [0.2, 0.25) is 5.02 Å². The first-order valence-electron chi connectivity index (χ1n) is 8.63. The lowest BCUT2D eigenvalue weighted by Crippen LogP contribution is -2.36. The van der Waals surface area contributed by atoms with E-state index in [0.717, 1.165) is 19.3 Å². The van der Waals surface area contributed by atoms with Gasteiger partial charge in [0.1, 0.15) is 17.4 Å². The molecule has 138 valence electrons. The Morgan fingerprint density at radius 3 is 2.72 bits per heavy atom. The Bertz CT molecular complexity index is 628. The number of carbonyl (C=O) groups is 2. The lowest BCUT2D eigenvalue weighted by molar-refractivity contribution is -0.159. The van der Waals surface area contributed by atoms with Crippen LogP contribution in [0.1, 0.15) is 50.4 Å². The molecular weight excluding hydrogens is 344 g/mol. The summed E-state index contributed by atoms with van der Waals surface area (Å²) < 4.78 is 10.5. The predicted octanol–water partition coefficient (Wildman–Crippen LogP) is 4.21. The molecule has 0 heterocycles. The minimum absolute atomic E-state index is 0.0772. The Labute approximate surface area is 153 Å². The van der Waals surface area contributed by atoms with Gasteiger partial charge >= 0.3 is 11.9 Å². The molecule has 1 N–H and O–H groups in total. The van der Waals surface area contributed by atoms with E-state index in [9.17, 15) is 14.7 Å². The maximum atomic E-state index is 12.1. The van der Waals surface area contributed by atoms with E-state index in [1.807, 2.05) is 0 Å². The Morgan fingerprint density at radius 2 is 2.04 bits per heavy atom. The summed E-state index contributed by atoms with van der Waals surface area (Å²) in [5.41, 5.74) is -0.0772. The fourth-order valence-corrected chi connectivity index (χ4v) is 3.50. The van der Waals surface area contributed by atoms with Gasteiger partial charge in [-0.2, -0.15) is 0 Å². The summed E-state index contributed by atoms with van der Waals surface area (Å²) in [7, 11) is 0. The third-order valence-electron chi connectivity index (χ3n) is 4.74. The average Bonchev–Trinajstić information content (AvgIpc) is 2.54. The van der Waals surface area contributed by atoms with Gasteiger partial charge in [0.05, 0.1) is 0 Å². The van der Waals surface area contributed by atoms with Crippen molar-refractivity contribution in [3.63, 3.8) is 0 Å². The lowest BCUT2D eigenvalue weighted by Gasteiger charge is -2.36. The topological polar surface area (TPSA) is 72.8 Å². The normalized spacial score (nSPS) is 23.3. The van der Waals surface area contributed by atoms with Gasteiger partial charge in [0.25, 0.3) is 0 Å². The van der Waals surface area contributed by atoms with E-state index in [-0.39, 0.29) is 17.4 Å². The van der Waals surface area contributed by atoms with E-state index >= 15 is 0 Å². The number of halogens is 1. The Morgan fingerprint density at radius 1 is 1.32 bits per heavy atom. The van der Waals surface area contributed by atoms with Crippen molar-refractivity contribution < 1.29 is 24.2 Å². The Kier molecular flexibility index (Phi) is 6.71. The Hall–Kier alpha value is -1.75. The number of carbonyl (C=O) groups excluding carboxylic acids is 2. The number of ether oxygens (including phenoxy) is 2. The summed E-state index contributed by atoms with van der Waals surface area (Å²) in [5.74, 6) is -0.361. The van der Waals surface area contributed by atoms with Gasteiger partial charge < -0.3 is 14.6 Å². The van der Waals surface area contributed by atoms with Crippen LogP contribution in [-0.4, -0.2) is 29.8 Å². The van der Waals surface area contributed by atoms with Gasteiger partial charge in [-0.05, 0) is 48.8 Å². The molecule has 6 heteroatoms. The highest BCUT2D eigenvalue weighted by atomic mass is 35.5. The van der Waals surface area contributed by atoms with Gasteiger partial charge in [-0.1, -0.05) is 38.8 Å². The summed E-state index contributed by atoms with van der Waals surface area (Å²) in [4.78, 5) is 24.1. The van der Waals surface area contributed by atoms with E-state index in [4.69, 9.17) is 21.1 Å². The third kappa shape index (κ3) is 5.36. The lowest BCUT2D eigenvalue weighted by atomic mass is 9.75. The van der Waals surface area contributed by atoms with Crippen LogP contribution in [0.5, 0.6) is 5.75 Å². The van der Waals surface area contributed by atoms with Crippen molar-refractivity contribution in [1.82, 2.24) is 0 Å². The predicted molar refractivity (Wildman–Crippen MR) is 94.6 cm³/mol. The largest absolute Gasteiger partial charge is 0.507 e. The van der Waals surface area contributed by atoms with Gasteiger partial charge in [0.2, 0.25) is 0 Å². The molecule has 0 aromatic heterocycles. The number of esters is 2. The smallest absolute Gasteiger partial charge is 0.344 e. The second-order valence-corrected chi connectivity index (χ2v) is 7.53. The molecule has 0 amide bonds. The van der Waals surface area contributed by atoms with Crippen molar-refractivity contribution in [3.05, 3.63) is 28.8 Å². The van der Waals surface area contributed by atoms with Gasteiger partial charge in [-0.3, -0.25) is 0 Å². The van der Waals surface area contributed by atoms with Crippen molar-refractivity contribution in [2.45, 2.75) is 46.1 Å². The van der Waals surface area contributed by atoms with Crippen LogP contribution in [-0.2, 0) is 14.3 Å². The van der Waals surface area contributed by atoms with Gasteiger partial charge in [0.15, 0.2) is 6.61 Å². The summed E-state index contributed by atoms with van der Waals surface area (Å²) >= 11 is 5.80. The molecule has 1 fully saturated rings. The van der Waals surface area contributed by atoms with E-state index in [2.05, 4.69) is 20.8 Å².